The van der Waals surface area contributed by atoms with Gasteiger partial charge in [0.1, 0.15) is 5.82 Å². The van der Waals surface area contributed by atoms with E-state index in [0.717, 1.165) is 18.4 Å². The zero-order valence-electron chi connectivity index (χ0n) is 17.8. The Morgan fingerprint density at radius 1 is 1.09 bits per heavy atom. The van der Waals surface area contributed by atoms with Crippen LogP contribution < -0.4 is 4.72 Å². The number of aromatic nitrogens is 5. The third kappa shape index (κ3) is 4.77. The zero-order valence-corrected chi connectivity index (χ0v) is 19.4. The Kier molecular flexibility index (Phi) is 6.73. The lowest BCUT2D eigenvalue weighted by Gasteiger charge is -2.27. The lowest BCUT2D eigenvalue weighted by molar-refractivity contribution is 0.0704. The molecule has 9 nitrogen and oxygen atoms in total. The van der Waals surface area contributed by atoms with Gasteiger partial charge in [-0.25, -0.2) is 18.4 Å². The number of nitrogens with zero attached hydrogens (tertiary/aromatic N) is 5. The number of rotatable bonds is 7. The van der Waals surface area contributed by atoms with E-state index in [1.807, 2.05) is 34.9 Å². The minimum absolute atomic E-state index is 0.0268. The van der Waals surface area contributed by atoms with E-state index in [-0.39, 0.29) is 12.0 Å². The van der Waals surface area contributed by atoms with Gasteiger partial charge in [-0.2, -0.15) is 0 Å². The molecule has 0 radical (unpaired) electrons. The number of sulfonamides is 1. The van der Waals surface area contributed by atoms with Crippen LogP contribution in [0.25, 0.3) is 11.4 Å². The van der Waals surface area contributed by atoms with Crippen LogP contribution in [-0.2, 0) is 14.8 Å². The van der Waals surface area contributed by atoms with Crippen LogP contribution in [0.4, 0.5) is 5.95 Å². The molecule has 0 aliphatic carbocycles. The Morgan fingerprint density at radius 2 is 1.75 bits per heavy atom. The second-order valence-electron chi connectivity index (χ2n) is 7.83. The molecule has 1 aliphatic heterocycles. The molecule has 1 N–H and O–H groups in total. The van der Waals surface area contributed by atoms with Crippen molar-refractivity contribution in [2.75, 3.05) is 17.9 Å². The summed E-state index contributed by atoms with van der Waals surface area (Å²) in [6, 6.07) is 9.64. The van der Waals surface area contributed by atoms with Gasteiger partial charge in [-0.05, 0) is 19.8 Å². The maximum atomic E-state index is 13.3. The van der Waals surface area contributed by atoms with Crippen molar-refractivity contribution in [1.82, 2.24) is 24.7 Å². The van der Waals surface area contributed by atoms with E-state index in [0.29, 0.717) is 29.9 Å². The maximum Gasteiger partial charge on any atom is 0.238 e. The van der Waals surface area contributed by atoms with E-state index < -0.39 is 21.2 Å². The molecular formula is C21H25ClN6O3S. The average Bonchev–Trinajstić information content (AvgIpc) is 3.22. The summed E-state index contributed by atoms with van der Waals surface area (Å²) >= 11 is 5.85. The highest BCUT2D eigenvalue weighted by Crippen LogP contribution is 2.32. The fourth-order valence-electron chi connectivity index (χ4n) is 3.69. The van der Waals surface area contributed by atoms with Crippen molar-refractivity contribution in [3.8, 4) is 11.4 Å². The molecule has 4 rings (SSSR count). The van der Waals surface area contributed by atoms with Gasteiger partial charge in [-0.3, -0.25) is 9.29 Å². The minimum Gasteiger partial charge on any atom is -0.381 e. The van der Waals surface area contributed by atoms with Crippen molar-refractivity contribution in [2.45, 2.75) is 43.9 Å². The molecule has 2 unspecified atom stereocenters. The summed E-state index contributed by atoms with van der Waals surface area (Å²) in [4.78, 5) is 8.34. The summed E-state index contributed by atoms with van der Waals surface area (Å²) in [6.45, 7) is 4.60. The van der Waals surface area contributed by atoms with Crippen molar-refractivity contribution in [1.29, 1.82) is 0 Å². The SMILES string of the molecule is CC(c1ncc(Cl)cn1)C(C)S(=O)(=O)Nc1nnc(-c2ccccc2)n1C1CCOCC1. The Morgan fingerprint density at radius 3 is 2.41 bits per heavy atom. The lowest BCUT2D eigenvalue weighted by Crippen LogP contribution is -2.32. The molecule has 1 aromatic carbocycles. The quantitative estimate of drug-likeness (QED) is 0.553. The monoisotopic (exact) mass is 476 g/mol. The van der Waals surface area contributed by atoms with E-state index in [1.165, 1.54) is 12.4 Å². The molecule has 2 atom stereocenters. The van der Waals surface area contributed by atoms with Crippen molar-refractivity contribution >= 4 is 27.6 Å². The van der Waals surface area contributed by atoms with Gasteiger partial charge in [-0.1, -0.05) is 48.9 Å². The summed E-state index contributed by atoms with van der Waals surface area (Å²) in [5.41, 5.74) is 0.868. The van der Waals surface area contributed by atoms with Crippen molar-refractivity contribution in [2.24, 2.45) is 0 Å². The number of ether oxygens (including phenoxy) is 1. The summed E-state index contributed by atoms with van der Waals surface area (Å²) in [6.07, 6.45) is 4.41. The first-order valence-corrected chi connectivity index (χ1v) is 12.4. The van der Waals surface area contributed by atoms with E-state index >= 15 is 0 Å². The predicted octanol–water partition coefficient (Wildman–Crippen LogP) is 3.67. The number of anilines is 1. The van der Waals surface area contributed by atoms with Crippen LogP contribution in [0.15, 0.2) is 42.7 Å². The summed E-state index contributed by atoms with van der Waals surface area (Å²) in [5, 5.41) is 8.12. The van der Waals surface area contributed by atoms with Gasteiger partial charge in [-0.15, -0.1) is 10.2 Å². The Labute approximate surface area is 192 Å². The number of benzene rings is 1. The molecule has 0 spiro atoms. The Hall–Kier alpha value is -2.56. The Balaban J connectivity index is 1.65. The number of hydrogen-bond acceptors (Lipinski definition) is 7. The first-order chi connectivity index (χ1) is 15.4. The maximum absolute atomic E-state index is 13.3. The van der Waals surface area contributed by atoms with Crippen LogP contribution in [-0.4, -0.2) is 51.6 Å². The van der Waals surface area contributed by atoms with Gasteiger partial charge in [0.15, 0.2) is 5.82 Å². The molecule has 1 saturated heterocycles. The van der Waals surface area contributed by atoms with Crippen molar-refractivity contribution < 1.29 is 13.2 Å². The minimum atomic E-state index is -3.82. The van der Waals surface area contributed by atoms with Crippen LogP contribution in [0.1, 0.15) is 44.5 Å². The summed E-state index contributed by atoms with van der Waals surface area (Å²) in [7, 11) is -3.82. The molecule has 1 aliphatic rings. The fraction of sp³-hybridized carbons (Fsp3) is 0.429. The third-order valence-corrected chi connectivity index (χ3v) is 7.81. The van der Waals surface area contributed by atoms with E-state index in [1.54, 1.807) is 13.8 Å². The van der Waals surface area contributed by atoms with Gasteiger partial charge in [0.2, 0.25) is 16.0 Å². The highest BCUT2D eigenvalue weighted by molar-refractivity contribution is 7.93. The highest BCUT2D eigenvalue weighted by atomic mass is 35.5. The van der Waals surface area contributed by atoms with Crippen LogP contribution in [0, 0.1) is 0 Å². The lowest BCUT2D eigenvalue weighted by atomic mass is 10.1. The van der Waals surface area contributed by atoms with Crippen LogP contribution >= 0.6 is 11.6 Å². The molecule has 3 aromatic rings. The highest BCUT2D eigenvalue weighted by Gasteiger charge is 2.32. The molecule has 0 saturated carbocycles. The topological polar surface area (TPSA) is 112 Å². The van der Waals surface area contributed by atoms with Crippen LogP contribution in [0.2, 0.25) is 5.02 Å². The molecule has 0 bridgehead atoms. The third-order valence-electron chi connectivity index (χ3n) is 5.76. The molecule has 0 amide bonds. The van der Waals surface area contributed by atoms with Gasteiger partial charge >= 0.3 is 0 Å². The zero-order chi connectivity index (χ0) is 22.7. The van der Waals surface area contributed by atoms with Gasteiger partial charge in [0, 0.05) is 43.1 Å². The second kappa shape index (κ2) is 9.51. The fourth-order valence-corrected chi connectivity index (χ4v) is 5.03. The first kappa shape index (κ1) is 22.6. The van der Waals surface area contributed by atoms with Crippen LogP contribution in [0.3, 0.4) is 0 Å². The smallest absolute Gasteiger partial charge is 0.238 e. The Bertz CT molecular complexity index is 1150. The number of nitrogens with one attached hydrogen (secondary N) is 1. The normalized spacial score (nSPS) is 17.1. The van der Waals surface area contributed by atoms with Gasteiger partial charge in [0.05, 0.1) is 10.3 Å². The summed E-state index contributed by atoms with van der Waals surface area (Å²) < 4.78 is 36.6. The second-order valence-corrected chi connectivity index (χ2v) is 10.3. The number of halogens is 1. The van der Waals surface area contributed by atoms with Crippen molar-refractivity contribution in [3.63, 3.8) is 0 Å². The molecule has 170 valence electrons. The largest absolute Gasteiger partial charge is 0.381 e. The molecule has 1 fully saturated rings. The molecule has 11 heteroatoms. The summed E-state index contributed by atoms with van der Waals surface area (Å²) in [5.74, 6) is 0.768. The molecule has 3 heterocycles. The molecular weight excluding hydrogens is 452 g/mol. The van der Waals surface area contributed by atoms with Gasteiger partial charge < -0.3 is 4.74 Å². The first-order valence-electron chi connectivity index (χ1n) is 10.4. The molecule has 2 aromatic heterocycles. The van der Waals surface area contributed by atoms with E-state index in [9.17, 15) is 8.42 Å². The molecule has 32 heavy (non-hydrogen) atoms. The van der Waals surface area contributed by atoms with E-state index in [4.69, 9.17) is 16.3 Å². The van der Waals surface area contributed by atoms with Crippen molar-refractivity contribution in [3.05, 3.63) is 53.6 Å². The van der Waals surface area contributed by atoms with E-state index in [2.05, 4.69) is 24.9 Å². The predicted molar refractivity (Wildman–Crippen MR) is 122 cm³/mol. The van der Waals surface area contributed by atoms with Crippen LogP contribution in [0.5, 0.6) is 0 Å². The number of hydrogen-bond donors (Lipinski definition) is 1. The average molecular weight is 477 g/mol. The standard InChI is InChI=1S/C21H25ClN6O3S/c1-14(19-23-12-17(22)13-24-19)15(2)32(29,30)27-21-26-25-20(16-6-4-3-5-7-16)28(21)18-8-10-31-11-9-18/h3-7,12-15,18H,8-11H2,1-2H3,(H,26,27). The van der Waals surface area contributed by atoms with Gasteiger partial charge in [0.25, 0.3) is 0 Å².